The molecule has 8 aliphatic rings. The standard InChI is InChI=1S/C28H30O9/c1-23-11-18-25(3)28-19(23)20(30)27(37-28,34-12-16(23)21(31)35-18)15-8-7-13-5-4-6-17(29)24(13,2)14(15)9-10-26(28,33)22(32)36-25/h4,6-7,14-16,18-19,33H,5,8-12H2,1-3H3/t14-,15+,16-,18-,19-,23+,24+,25+,26-,27?,28?/m0/s1. The Balaban J connectivity index is 1.43. The number of hydrogen-bond acceptors (Lipinski definition) is 9. The van der Waals surface area contributed by atoms with Gasteiger partial charge in [0.25, 0.3) is 0 Å². The Hall–Kier alpha value is -2.36. The van der Waals surface area contributed by atoms with Crippen LogP contribution >= 0.6 is 0 Å². The molecule has 0 aromatic heterocycles. The fraction of sp³-hybridized carbons (Fsp3) is 0.714. The van der Waals surface area contributed by atoms with Crippen LogP contribution in [0.5, 0.6) is 0 Å². The number of ketones is 2. The van der Waals surface area contributed by atoms with Gasteiger partial charge < -0.3 is 24.1 Å². The first-order valence-electron chi connectivity index (χ1n) is 13.4. The molecule has 1 N–H and O–H groups in total. The van der Waals surface area contributed by atoms with Crippen LogP contribution < -0.4 is 0 Å². The second-order valence-corrected chi connectivity index (χ2v) is 13.0. The molecule has 9 nitrogen and oxygen atoms in total. The van der Waals surface area contributed by atoms with Gasteiger partial charge in [-0.25, -0.2) is 4.79 Å². The van der Waals surface area contributed by atoms with Gasteiger partial charge in [-0.1, -0.05) is 24.6 Å². The maximum atomic E-state index is 14.8. The first kappa shape index (κ1) is 22.6. The van der Waals surface area contributed by atoms with Gasteiger partial charge in [-0.2, -0.15) is 0 Å². The van der Waals surface area contributed by atoms with E-state index in [1.54, 1.807) is 13.0 Å². The largest absolute Gasteiger partial charge is 0.458 e. The molecule has 3 aliphatic carbocycles. The minimum absolute atomic E-state index is 0.0380. The lowest BCUT2D eigenvalue weighted by Gasteiger charge is -2.63. The Morgan fingerprint density at radius 2 is 1.86 bits per heavy atom. The molecule has 8 rings (SSSR count). The van der Waals surface area contributed by atoms with Gasteiger partial charge in [-0.15, -0.1) is 0 Å². The topological polar surface area (TPSA) is 125 Å². The number of esters is 2. The molecule has 9 heteroatoms. The maximum absolute atomic E-state index is 14.8. The van der Waals surface area contributed by atoms with E-state index in [1.165, 1.54) is 0 Å². The Morgan fingerprint density at radius 3 is 2.65 bits per heavy atom. The van der Waals surface area contributed by atoms with E-state index in [0.29, 0.717) is 25.7 Å². The van der Waals surface area contributed by atoms with Crippen molar-refractivity contribution in [1.29, 1.82) is 0 Å². The van der Waals surface area contributed by atoms with Crippen LogP contribution in [0.4, 0.5) is 0 Å². The number of Topliss-reactive ketones (excluding diaryl/α,β-unsaturated/α-hetero) is 1. The van der Waals surface area contributed by atoms with Gasteiger partial charge in [0.1, 0.15) is 6.10 Å². The molecule has 2 unspecified atom stereocenters. The van der Waals surface area contributed by atoms with Gasteiger partial charge in [-0.3, -0.25) is 14.4 Å². The second-order valence-electron chi connectivity index (χ2n) is 13.0. The third-order valence-electron chi connectivity index (χ3n) is 12.0. The van der Waals surface area contributed by atoms with Crippen molar-refractivity contribution in [2.24, 2.45) is 34.5 Å². The molecule has 0 aromatic rings. The first-order chi connectivity index (χ1) is 17.4. The Kier molecular flexibility index (Phi) is 3.73. The van der Waals surface area contributed by atoms with E-state index < -0.39 is 75.1 Å². The molecule has 1 saturated carbocycles. The number of hydrogen-bond donors (Lipinski definition) is 1. The van der Waals surface area contributed by atoms with Crippen LogP contribution in [-0.2, 0) is 38.1 Å². The number of ether oxygens (including phenoxy) is 4. The van der Waals surface area contributed by atoms with Gasteiger partial charge in [-0.05, 0) is 63.4 Å². The predicted molar refractivity (Wildman–Crippen MR) is 122 cm³/mol. The van der Waals surface area contributed by atoms with Crippen LogP contribution in [0.25, 0.3) is 0 Å². The van der Waals surface area contributed by atoms with Crippen LogP contribution in [-0.4, -0.2) is 63.9 Å². The van der Waals surface area contributed by atoms with Gasteiger partial charge in [0.15, 0.2) is 28.4 Å². The lowest BCUT2D eigenvalue weighted by Crippen LogP contribution is -2.79. The lowest BCUT2D eigenvalue weighted by atomic mass is 9.46. The average Bonchev–Trinajstić information content (AvgIpc) is 3.16. The van der Waals surface area contributed by atoms with E-state index in [-0.39, 0.29) is 24.6 Å². The monoisotopic (exact) mass is 510 g/mol. The molecule has 196 valence electrons. The lowest BCUT2D eigenvalue weighted by molar-refractivity contribution is -0.374. The van der Waals surface area contributed by atoms with E-state index >= 15 is 0 Å². The fourth-order valence-corrected chi connectivity index (χ4v) is 10.0. The van der Waals surface area contributed by atoms with Crippen molar-refractivity contribution in [2.45, 2.75) is 81.6 Å². The van der Waals surface area contributed by atoms with Crippen LogP contribution in [0.3, 0.4) is 0 Å². The summed E-state index contributed by atoms with van der Waals surface area (Å²) in [7, 11) is 0. The minimum atomic E-state index is -2.17. The van der Waals surface area contributed by atoms with Crippen molar-refractivity contribution in [3.05, 3.63) is 23.8 Å². The van der Waals surface area contributed by atoms with E-state index in [1.807, 2.05) is 26.0 Å². The molecule has 6 fully saturated rings. The van der Waals surface area contributed by atoms with Crippen molar-refractivity contribution in [1.82, 2.24) is 0 Å². The molecular formula is C28H30O9. The fourth-order valence-electron chi connectivity index (χ4n) is 10.0. The number of carbonyl (C=O) groups excluding carboxylic acids is 4. The number of aliphatic hydroxyl groups is 1. The van der Waals surface area contributed by atoms with Crippen LogP contribution in [0.15, 0.2) is 23.8 Å². The number of fused-ring (bicyclic) bond motifs is 5. The Morgan fingerprint density at radius 1 is 1.08 bits per heavy atom. The van der Waals surface area contributed by atoms with Crippen LogP contribution in [0.1, 0.15) is 52.9 Å². The summed E-state index contributed by atoms with van der Waals surface area (Å²) < 4.78 is 25.1. The highest BCUT2D eigenvalue weighted by Crippen LogP contribution is 2.75. The van der Waals surface area contributed by atoms with E-state index in [9.17, 15) is 24.3 Å². The number of carbonyl (C=O) groups is 4. The van der Waals surface area contributed by atoms with Gasteiger partial charge in [0, 0.05) is 5.92 Å². The quantitative estimate of drug-likeness (QED) is 0.382. The molecule has 0 aromatic carbocycles. The zero-order valence-corrected chi connectivity index (χ0v) is 21.1. The summed E-state index contributed by atoms with van der Waals surface area (Å²) in [5, 5.41) is 12.4. The Labute approximate surface area is 213 Å². The third kappa shape index (κ3) is 1.97. The number of allylic oxidation sites excluding steroid dienone is 4. The first-order valence-corrected chi connectivity index (χ1v) is 13.4. The van der Waals surface area contributed by atoms with E-state index in [0.717, 1.165) is 5.57 Å². The van der Waals surface area contributed by atoms with Crippen LogP contribution in [0.2, 0.25) is 0 Å². The molecule has 5 bridgehead atoms. The third-order valence-corrected chi connectivity index (χ3v) is 12.0. The van der Waals surface area contributed by atoms with Gasteiger partial charge in [0.2, 0.25) is 5.79 Å². The highest BCUT2D eigenvalue weighted by atomic mass is 16.8. The summed E-state index contributed by atoms with van der Waals surface area (Å²) in [6, 6.07) is 0. The van der Waals surface area contributed by atoms with Crippen molar-refractivity contribution in [2.75, 3.05) is 6.61 Å². The SMILES string of the molecule is C[C@@]12C(=O)C=CCC1=CC[C@@H]1[C@@H]2CC[C@]2(O)C(=O)O[C@]3(C)[C@@H]4C[C@@]5(C)[C@@H]6C(=O)C1(OC[C@H]5C(=O)O4)OC623. The molecular weight excluding hydrogens is 480 g/mol. The number of rotatable bonds is 0. The maximum Gasteiger partial charge on any atom is 0.342 e. The van der Waals surface area contributed by atoms with Gasteiger partial charge >= 0.3 is 11.9 Å². The minimum Gasteiger partial charge on any atom is -0.458 e. The molecule has 5 aliphatic heterocycles. The molecule has 2 spiro atoms. The summed E-state index contributed by atoms with van der Waals surface area (Å²) in [5.74, 6) is -6.36. The second kappa shape index (κ2) is 6.10. The van der Waals surface area contributed by atoms with Crippen molar-refractivity contribution in [3.8, 4) is 0 Å². The zero-order chi connectivity index (χ0) is 26.0. The summed E-state index contributed by atoms with van der Waals surface area (Å²) in [5.41, 5.74) is -6.43. The average molecular weight is 511 g/mol. The highest BCUT2D eigenvalue weighted by Gasteiger charge is 2.93. The predicted octanol–water partition coefficient (Wildman–Crippen LogP) is 1.56. The van der Waals surface area contributed by atoms with Gasteiger partial charge in [0.05, 0.1) is 23.9 Å². The summed E-state index contributed by atoms with van der Waals surface area (Å²) in [6.45, 7) is 5.29. The van der Waals surface area contributed by atoms with E-state index in [4.69, 9.17) is 18.9 Å². The summed E-state index contributed by atoms with van der Waals surface area (Å²) >= 11 is 0. The summed E-state index contributed by atoms with van der Waals surface area (Å²) in [4.78, 5) is 55.2. The van der Waals surface area contributed by atoms with Crippen LogP contribution in [0, 0.1) is 34.5 Å². The summed E-state index contributed by atoms with van der Waals surface area (Å²) in [6.07, 6.45) is 6.24. The molecule has 37 heavy (non-hydrogen) atoms. The van der Waals surface area contributed by atoms with Crippen molar-refractivity contribution in [3.63, 3.8) is 0 Å². The Bertz CT molecular complexity index is 1300. The van der Waals surface area contributed by atoms with Crippen molar-refractivity contribution >= 4 is 23.5 Å². The molecule has 5 heterocycles. The molecule has 11 atom stereocenters. The van der Waals surface area contributed by atoms with E-state index in [2.05, 4.69) is 0 Å². The smallest absolute Gasteiger partial charge is 0.342 e. The molecule has 5 saturated heterocycles. The molecule has 0 radical (unpaired) electrons. The zero-order valence-electron chi connectivity index (χ0n) is 21.1. The highest BCUT2D eigenvalue weighted by molar-refractivity contribution is 6.01. The molecule has 0 amide bonds. The van der Waals surface area contributed by atoms with Crippen molar-refractivity contribution < 1.29 is 43.2 Å². The normalized spacial score (nSPS) is 58.5.